The van der Waals surface area contributed by atoms with Crippen molar-refractivity contribution in [1.29, 1.82) is 0 Å². The number of amides is 1. The zero-order chi connectivity index (χ0) is 22.9. The minimum atomic E-state index is -0.539. The molecule has 0 spiro atoms. The van der Waals surface area contributed by atoms with Gasteiger partial charge in [-0.2, -0.15) is 0 Å². The van der Waals surface area contributed by atoms with Gasteiger partial charge in [-0.3, -0.25) is 9.59 Å². The minimum Gasteiger partial charge on any atom is -0.466 e. The van der Waals surface area contributed by atoms with Crippen LogP contribution in [0.5, 0.6) is 0 Å². The van der Waals surface area contributed by atoms with Crippen LogP contribution in [0.1, 0.15) is 58.9 Å². The molecule has 1 heterocycles. The normalized spacial score (nSPS) is 15.8. The van der Waals surface area contributed by atoms with E-state index in [9.17, 15) is 14.4 Å². The van der Waals surface area contributed by atoms with Crippen molar-refractivity contribution in [1.82, 2.24) is 4.90 Å². The molecule has 2 rings (SSSR count). The number of hydrogen-bond donors (Lipinski definition) is 0. The Hall–Kier alpha value is -2.57. The molecule has 1 aromatic rings. The largest absolute Gasteiger partial charge is 0.466 e. The van der Waals surface area contributed by atoms with Gasteiger partial charge in [0.05, 0.1) is 6.61 Å². The molecule has 1 fully saturated rings. The lowest BCUT2D eigenvalue weighted by Crippen LogP contribution is -2.43. The number of carbonyl (C=O) groups excluding carboxylic acids is 3. The van der Waals surface area contributed by atoms with E-state index >= 15 is 0 Å². The summed E-state index contributed by atoms with van der Waals surface area (Å²) in [4.78, 5) is 38.6. The summed E-state index contributed by atoms with van der Waals surface area (Å²) in [6, 6.07) is 9.49. The van der Waals surface area contributed by atoms with Crippen molar-refractivity contribution in [3.63, 3.8) is 0 Å². The highest BCUT2D eigenvalue weighted by Gasteiger charge is 2.33. The summed E-state index contributed by atoms with van der Waals surface area (Å²) in [6.45, 7) is 8.89. The average Bonchev–Trinajstić information content (AvgIpc) is 2.71. The Morgan fingerprint density at radius 2 is 1.58 bits per heavy atom. The van der Waals surface area contributed by atoms with Gasteiger partial charge in [0.15, 0.2) is 0 Å². The first-order valence-electron chi connectivity index (χ1n) is 11.0. The lowest BCUT2D eigenvalue weighted by Gasteiger charge is -2.36. The second-order valence-electron chi connectivity index (χ2n) is 8.92. The summed E-state index contributed by atoms with van der Waals surface area (Å²) in [5.74, 6) is -0.680. The second-order valence-corrected chi connectivity index (χ2v) is 8.92. The fourth-order valence-corrected chi connectivity index (χ4v) is 3.73. The van der Waals surface area contributed by atoms with Gasteiger partial charge in [0.1, 0.15) is 12.2 Å². The Kier molecular flexibility index (Phi) is 9.34. The van der Waals surface area contributed by atoms with E-state index in [2.05, 4.69) is 0 Å². The number of benzene rings is 1. The molecular formula is C24H35NO6. The summed E-state index contributed by atoms with van der Waals surface area (Å²) in [5.41, 5.74) is 0.381. The number of hydrogen-bond acceptors (Lipinski definition) is 6. The fraction of sp³-hybridized carbons (Fsp3) is 0.625. The van der Waals surface area contributed by atoms with Gasteiger partial charge in [-0.15, -0.1) is 0 Å². The van der Waals surface area contributed by atoms with Crippen LogP contribution in [0.2, 0.25) is 0 Å². The molecular weight excluding hydrogens is 398 g/mol. The van der Waals surface area contributed by atoms with Crippen molar-refractivity contribution >= 4 is 18.0 Å². The summed E-state index contributed by atoms with van der Waals surface area (Å²) in [7, 11) is 0. The van der Waals surface area contributed by atoms with Crippen LogP contribution in [0.15, 0.2) is 30.3 Å². The van der Waals surface area contributed by atoms with Crippen LogP contribution in [0.3, 0.4) is 0 Å². The van der Waals surface area contributed by atoms with Crippen molar-refractivity contribution < 1.29 is 28.6 Å². The number of nitrogens with zero attached hydrogens (tertiary/aromatic N) is 1. The summed E-state index contributed by atoms with van der Waals surface area (Å²) in [6.07, 6.45) is 1.41. The zero-order valence-electron chi connectivity index (χ0n) is 19.1. The lowest BCUT2D eigenvalue weighted by atomic mass is 9.80. The fourth-order valence-electron chi connectivity index (χ4n) is 3.73. The first-order chi connectivity index (χ1) is 14.7. The van der Waals surface area contributed by atoms with Crippen LogP contribution >= 0.6 is 0 Å². The highest BCUT2D eigenvalue weighted by atomic mass is 16.6. The molecule has 0 saturated carbocycles. The summed E-state index contributed by atoms with van der Waals surface area (Å²) < 4.78 is 16.0. The van der Waals surface area contributed by atoms with Gasteiger partial charge < -0.3 is 19.1 Å². The van der Waals surface area contributed by atoms with Crippen LogP contribution in [-0.4, -0.2) is 48.2 Å². The molecule has 1 atom stereocenters. The van der Waals surface area contributed by atoms with E-state index in [1.165, 1.54) is 0 Å². The number of carbonyl (C=O) groups is 3. The van der Waals surface area contributed by atoms with Crippen molar-refractivity contribution in [3.05, 3.63) is 35.9 Å². The van der Waals surface area contributed by atoms with Crippen LogP contribution in [0.25, 0.3) is 0 Å². The molecule has 172 valence electrons. The van der Waals surface area contributed by atoms with Crippen LogP contribution in [0, 0.1) is 11.8 Å². The van der Waals surface area contributed by atoms with Crippen LogP contribution in [0.4, 0.5) is 4.79 Å². The maximum atomic E-state index is 12.5. The van der Waals surface area contributed by atoms with Gasteiger partial charge in [0.2, 0.25) is 0 Å². The average molecular weight is 434 g/mol. The molecule has 0 aliphatic carbocycles. The summed E-state index contributed by atoms with van der Waals surface area (Å²) >= 11 is 0. The molecule has 1 saturated heterocycles. The van der Waals surface area contributed by atoms with E-state index in [4.69, 9.17) is 14.2 Å². The third-order valence-corrected chi connectivity index (χ3v) is 5.26. The predicted octanol–water partition coefficient (Wildman–Crippen LogP) is 4.34. The van der Waals surface area contributed by atoms with Gasteiger partial charge in [0.25, 0.3) is 0 Å². The van der Waals surface area contributed by atoms with Gasteiger partial charge in [0, 0.05) is 25.9 Å². The molecule has 1 aromatic carbocycles. The molecule has 7 heteroatoms. The van der Waals surface area contributed by atoms with Gasteiger partial charge >= 0.3 is 18.0 Å². The topological polar surface area (TPSA) is 82.1 Å². The zero-order valence-corrected chi connectivity index (χ0v) is 19.1. The smallest absolute Gasteiger partial charge is 0.410 e. The highest BCUT2D eigenvalue weighted by Crippen LogP contribution is 2.31. The molecule has 1 amide bonds. The van der Waals surface area contributed by atoms with E-state index in [0.717, 1.165) is 5.56 Å². The first-order valence-corrected chi connectivity index (χ1v) is 11.0. The molecule has 0 N–H and O–H groups in total. The Morgan fingerprint density at radius 1 is 1.00 bits per heavy atom. The number of esters is 2. The van der Waals surface area contributed by atoms with E-state index < -0.39 is 5.60 Å². The molecule has 0 radical (unpaired) electrons. The molecule has 7 nitrogen and oxygen atoms in total. The molecule has 1 unspecified atom stereocenters. The quantitative estimate of drug-likeness (QED) is 0.448. The molecule has 1 aliphatic rings. The van der Waals surface area contributed by atoms with Crippen molar-refractivity contribution in [2.45, 2.75) is 65.6 Å². The lowest BCUT2D eigenvalue weighted by molar-refractivity contribution is -0.149. The third kappa shape index (κ3) is 8.99. The van der Waals surface area contributed by atoms with Crippen molar-refractivity contribution in [2.75, 3.05) is 19.7 Å². The number of rotatable bonds is 8. The molecule has 0 aromatic heterocycles. The Balaban J connectivity index is 1.92. The SMILES string of the molecule is CCOC(=O)CC(CC(=O)OCc1ccccc1)C1CCN(C(=O)OC(C)(C)C)CC1. The molecule has 1 aliphatic heterocycles. The van der Waals surface area contributed by atoms with E-state index in [-0.39, 0.29) is 49.3 Å². The number of ether oxygens (including phenoxy) is 3. The van der Waals surface area contributed by atoms with Gasteiger partial charge in [-0.05, 0) is 57.9 Å². The standard InChI is InChI=1S/C24H35NO6/c1-5-29-21(26)15-20(16-22(27)30-17-18-9-7-6-8-10-18)19-11-13-25(14-12-19)23(28)31-24(2,3)4/h6-10,19-20H,5,11-17H2,1-4H3. The van der Waals surface area contributed by atoms with Crippen molar-refractivity contribution in [2.24, 2.45) is 11.8 Å². The number of likely N-dealkylation sites (tertiary alicyclic amines) is 1. The highest BCUT2D eigenvalue weighted by molar-refractivity contribution is 5.73. The monoisotopic (exact) mass is 433 g/mol. The third-order valence-electron chi connectivity index (χ3n) is 5.26. The van der Waals surface area contributed by atoms with Crippen LogP contribution in [-0.2, 0) is 30.4 Å². The van der Waals surface area contributed by atoms with Crippen molar-refractivity contribution in [3.8, 4) is 0 Å². The maximum absolute atomic E-state index is 12.5. The molecule has 0 bridgehead atoms. The van der Waals surface area contributed by atoms with Gasteiger partial charge in [-0.25, -0.2) is 4.79 Å². The number of piperidine rings is 1. The Morgan fingerprint density at radius 3 is 2.13 bits per heavy atom. The molecule has 31 heavy (non-hydrogen) atoms. The van der Waals surface area contributed by atoms with E-state index in [0.29, 0.717) is 32.5 Å². The minimum absolute atomic E-state index is 0.132. The Labute approximate surface area is 185 Å². The second kappa shape index (κ2) is 11.7. The Bertz CT molecular complexity index is 719. The van der Waals surface area contributed by atoms with E-state index in [1.807, 2.05) is 51.1 Å². The summed E-state index contributed by atoms with van der Waals surface area (Å²) in [5, 5.41) is 0. The predicted molar refractivity (Wildman–Crippen MR) is 116 cm³/mol. The van der Waals surface area contributed by atoms with Gasteiger partial charge in [-0.1, -0.05) is 30.3 Å². The maximum Gasteiger partial charge on any atom is 0.410 e. The van der Waals surface area contributed by atoms with E-state index in [1.54, 1.807) is 11.8 Å². The first kappa shape index (κ1) is 24.7. The van der Waals surface area contributed by atoms with Crippen LogP contribution < -0.4 is 0 Å².